The molecule has 4 aromatic rings. The average molecular weight is 423 g/mol. The van der Waals surface area contributed by atoms with Gasteiger partial charge < -0.3 is 4.57 Å². The minimum Gasteiger partial charge on any atom is -0.318 e. The number of halogens is 5. The van der Waals surface area contributed by atoms with Crippen molar-refractivity contribution in [3.05, 3.63) is 86.7 Å². The van der Waals surface area contributed by atoms with Crippen molar-refractivity contribution < 1.29 is 17.6 Å². The summed E-state index contributed by atoms with van der Waals surface area (Å²) in [6.07, 6.45) is 0.978. The van der Waals surface area contributed by atoms with Gasteiger partial charge in [-0.25, -0.2) is 27.5 Å². The summed E-state index contributed by atoms with van der Waals surface area (Å²) in [4.78, 5) is 21.3. The van der Waals surface area contributed by atoms with Crippen molar-refractivity contribution in [3.8, 4) is 5.69 Å². The van der Waals surface area contributed by atoms with Crippen molar-refractivity contribution in [2.24, 2.45) is 7.05 Å². The zero-order valence-electron chi connectivity index (χ0n) is 14.8. The van der Waals surface area contributed by atoms with E-state index in [-0.39, 0.29) is 34.7 Å². The van der Waals surface area contributed by atoms with Crippen molar-refractivity contribution >= 4 is 22.8 Å². The second-order valence-electron chi connectivity index (χ2n) is 6.29. The fourth-order valence-electron chi connectivity index (χ4n) is 3.00. The minimum absolute atomic E-state index is 0.0215. The van der Waals surface area contributed by atoms with Gasteiger partial charge in [-0.15, -0.1) is 0 Å². The lowest BCUT2D eigenvalue weighted by molar-refractivity contribution is 0.507. The highest BCUT2D eigenvalue weighted by Crippen LogP contribution is 2.26. The average Bonchev–Trinajstić information content (AvgIpc) is 3.06. The Morgan fingerprint density at radius 2 is 1.69 bits per heavy atom. The van der Waals surface area contributed by atoms with Crippen LogP contribution in [0.25, 0.3) is 16.9 Å². The summed E-state index contributed by atoms with van der Waals surface area (Å²) in [6.45, 7) is 0. The number of benzene rings is 2. The molecule has 0 saturated carbocycles. The van der Waals surface area contributed by atoms with Gasteiger partial charge in [-0.2, -0.15) is 0 Å². The molecule has 0 atom stereocenters. The van der Waals surface area contributed by atoms with Crippen molar-refractivity contribution in [3.63, 3.8) is 0 Å². The summed E-state index contributed by atoms with van der Waals surface area (Å²) in [7, 11) is 1.60. The molecule has 0 aliphatic heterocycles. The molecule has 0 amide bonds. The molecule has 2 heterocycles. The van der Waals surface area contributed by atoms with E-state index in [9.17, 15) is 22.4 Å². The fraction of sp³-hybridized carbons (Fsp3) is 0.105. The fourth-order valence-corrected chi connectivity index (χ4v) is 3.22. The Bertz CT molecular complexity index is 1330. The Morgan fingerprint density at radius 3 is 2.41 bits per heavy atom. The van der Waals surface area contributed by atoms with Gasteiger partial charge in [0.2, 0.25) is 0 Å². The Labute approximate surface area is 165 Å². The normalized spacial score (nSPS) is 11.4. The Balaban J connectivity index is 2.02. The lowest BCUT2D eigenvalue weighted by Gasteiger charge is -2.14. The second-order valence-corrected chi connectivity index (χ2v) is 6.67. The predicted molar refractivity (Wildman–Crippen MR) is 98.2 cm³/mol. The number of fused-ring (bicyclic) bond motifs is 1. The third kappa shape index (κ3) is 3.17. The zero-order chi connectivity index (χ0) is 20.9. The summed E-state index contributed by atoms with van der Waals surface area (Å²) in [5, 5.41) is -0.457. The van der Waals surface area contributed by atoms with Crippen molar-refractivity contribution in [2.45, 2.75) is 6.42 Å². The number of imidazole rings is 1. The van der Waals surface area contributed by atoms with Gasteiger partial charge in [0.05, 0.1) is 17.0 Å². The molecule has 4 rings (SSSR count). The van der Waals surface area contributed by atoms with Gasteiger partial charge in [0.25, 0.3) is 5.56 Å². The molecule has 0 aliphatic carbocycles. The van der Waals surface area contributed by atoms with E-state index in [1.165, 1.54) is 17.0 Å². The lowest BCUT2D eigenvalue weighted by atomic mass is 10.1. The quantitative estimate of drug-likeness (QED) is 0.371. The van der Waals surface area contributed by atoms with Crippen molar-refractivity contribution in [1.82, 2.24) is 19.1 Å². The highest BCUT2D eigenvalue weighted by atomic mass is 35.5. The first-order valence-corrected chi connectivity index (χ1v) is 8.66. The van der Waals surface area contributed by atoms with Gasteiger partial charge in [0, 0.05) is 25.1 Å². The molecule has 0 N–H and O–H groups in total. The summed E-state index contributed by atoms with van der Waals surface area (Å²) in [5.41, 5.74) is -0.776. The molecule has 29 heavy (non-hydrogen) atoms. The Hall–Kier alpha value is -3.20. The molecular weight excluding hydrogens is 412 g/mol. The molecule has 10 heteroatoms. The number of hydrogen-bond acceptors (Lipinski definition) is 3. The first-order valence-electron chi connectivity index (χ1n) is 8.28. The van der Waals surface area contributed by atoms with Crippen LogP contribution in [0.3, 0.4) is 0 Å². The first kappa shape index (κ1) is 19.1. The monoisotopic (exact) mass is 422 g/mol. The van der Waals surface area contributed by atoms with E-state index in [4.69, 9.17) is 11.6 Å². The van der Waals surface area contributed by atoms with Crippen LogP contribution < -0.4 is 5.56 Å². The minimum atomic E-state index is -1.18. The molecule has 2 aromatic heterocycles. The van der Waals surface area contributed by atoms with E-state index >= 15 is 0 Å². The van der Waals surface area contributed by atoms with Gasteiger partial charge in [0.15, 0.2) is 22.8 Å². The number of nitrogens with zero attached hydrogens (tertiary/aromatic N) is 4. The number of hydrogen-bond donors (Lipinski definition) is 0. The third-order valence-electron chi connectivity index (χ3n) is 4.44. The highest BCUT2D eigenvalue weighted by molar-refractivity contribution is 6.31. The second kappa shape index (κ2) is 7.00. The number of aryl methyl sites for hydroxylation is 1. The van der Waals surface area contributed by atoms with Crippen LogP contribution in [-0.2, 0) is 13.5 Å². The molecule has 0 aliphatic rings. The molecule has 2 aromatic carbocycles. The maximum absolute atomic E-state index is 14.3. The van der Waals surface area contributed by atoms with Crippen LogP contribution in [0.4, 0.5) is 17.6 Å². The van der Waals surface area contributed by atoms with Gasteiger partial charge >= 0.3 is 0 Å². The van der Waals surface area contributed by atoms with E-state index in [0.717, 1.165) is 28.8 Å². The van der Waals surface area contributed by atoms with Crippen LogP contribution in [0, 0.1) is 23.3 Å². The molecule has 0 bridgehead atoms. The van der Waals surface area contributed by atoms with E-state index in [1.54, 1.807) is 7.05 Å². The van der Waals surface area contributed by atoms with E-state index < -0.39 is 33.9 Å². The lowest BCUT2D eigenvalue weighted by Crippen LogP contribution is -2.25. The maximum Gasteiger partial charge on any atom is 0.286 e. The summed E-state index contributed by atoms with van der Waals surface area (Å²) >= 11 is 5.90. The highest BCUT2D eigenvalue weighted by Gasteiger charge is 2.20. The first-order chi connectivity index (χ1) is 13.8. The largest absolute Gasteiger partial charge is 0.318 e. The maximum atomic E-state index is 14.3. The van der Waals surface area contributed by atoms with E-state index in [2.05, 4.69) is 9.97 Å². The van der Waals surface area contributed by atoms with Gasteiger partial charge in [-0.3, -0.25) is 9.36 Å². The third-order valence-corrected chi connectivity index (χ3v) is 4.85. The summed E-state index contributed by atoms with van der Waals surface area (Å²) in [6, 6.07) is 4.60. The predicted octanol–water partition coefficient (Wildman–Crippen LogP) is 3.92. The molecule has 0 unspecified atom stereocenters. The summed E-state index contributed by atoms with van der Waals surface area (Å²) < 4.78 is 57.7. The van der Waals surface area contributed by atoms with Gasteiger partial charge in [0.1, 0.15) is 17.5 Å². The molecule has 0 spiro atoms. The smallest absolute Gasteiger partial charge is 0.286 e. The van der Waals surface area contributed by atoms with Gasteiger partial charge in [-0.05, 0) is 24.3 Å². The zero-order valence-corrected chi connectivity index (χ0v) is 15.5. The van der Waals surface area contributed by atoms with Crippen LogP contribution in [0.15, 0.2) is 41.5 Å². The van der Waals surface area contributed by atoms with Crippen LogP contribution in [0.2, 0.25) is 5.02 Å². The Kier molecular flexibility index (Phi) is 4.62. The van der Waals surface area contributed by atoms with Gasteiger partial charge in [-0.1, -0.05) is 11.6 Å². The topological polar surface area (TPSA) is 52.7 Å². The molecular formula is C19H11ClF4N4O. The standard InChI is InChI=1S/C19H11ClF4N4O/c1-27-8-25-17-18(27)26-15(7-10-11(21)4-5-13(23)16(10)20)28(19(17)29)9-2-3-12(22)14(24)6-9/h2-6,8H,7H2,1H3. The SMILES string of the molecule is Cn1cnc2c(=O)n(-c3ccc(F)c(F)c3)c(Cc3c(F)ccc(F)c3Cl)nc21. The summed E-state index contributed by atoms with van der Waals surface area (Å²) in [5.74, 6) is -3.98. The van der Waals surface area contributed by atoms with Crippen LogP contribution in [0.1, 0.15) is 11.4 Å². The van der Waals surface area contributed by atoms with Crippen molar-refractivity contribution in [1.29, 1.82) is 0 Å². The van der Waals surface area contributed by atoms with Crippen molar-refractivity contribution in [2.75, 3.05) is 0 Å². The van der Waals surface area contributed by atoms with Crippen LogP contribution >= 0.6 is 11.6 Å². The molecule has 0 fully saturated rings. The van der Waals surface area contributed by atoms with E-state index in [0.29, 0.717) is 0 Å². The number of rotatable bonds is 3. The van der Waals surface area contributed by atoms with E-state index in [1.807, 2.05) is 0 Å². The van der Waals surface area contributed by atoms with Crippen LogP contribution in [-0.4, -0.2) is 19.1 Å². The Morgan fingerprint density at radius 1 is 1.00 bits per heavy atom. The molecule has 0 radical (unpaired) electrons. The number of aromatic nitrogens is 4. The molecule has 0 saturated heterocycles. The molecule has 5 nitrogen and oxygen atoms in total. The van der Waals surface area contributed by atoms with Crippen LogP contribution in [0.5, 0.6) is 0 Å². The molecule has 148 valence electrons.